The number of aliphatic hydroxyl groups excluding tert-OH is 1. The molecule has 0 aliphatic heterocycles. The minimum Gasteiger partial charge on any atom is -0.493 e. The molecule has 1 aromatic carbocycles. The van der Waals surface area contributed by atoms with Crippen LogP contribution in [0.3, 0.4) is 0 Å². The monoisotopic (exact) mass is 241 g/mol. The highest BCUT2D eigenvalue weighted by atomic mass is 19.1. The Balaban J connectivity index is 2.59. The number of hydrogen-bond acceptors (Lipinski definition) is 3. The van der Waals surface area contributed by atoms with Gasteiger partial charge in [-0.2, -0.15) is 0 Å². The van der Waals surface area contributed by atoms with E-state index in [2.05, 4.69) is 4.90 Å². The molecule has 1 unspecified atom stereocenters. The molecule has 1 aromatic rings. The zero-order chi connectivity index (χ0) is 12.8. The van der Waals surface area contributed by atoms with Gasteiger partial charge in [0.25, 0.3) is 0 Å². The summed E-state index contributed by atoms with van der Waals surface area (Å²) in [4.78, 5) is 2.06. The van der Waals surface area contributed by atoms with Crippen molar-refractivity contribution in [2.75, 3.05) is 27.2 Å². The summed E-state index contributed by atoms with van der Waals surface area (Å²) in [6, 6.07) is 4.20. The van der Waals surface area contributed by atoms with Crippen molar-refractivity contribution in [1.29, 1.82) is 0 Å². The fourth-order valence-electron chi connectivity index (χ4n) is 1.54. The predicted molar refractivity (Wildman–Crippen MR) is 65.7 cm³/mol. The molecule has 0 spiro atoms. The second kappa shape index (κ2) is 6.57. The van der Waals surface area contributed by atoms with E-state index in [1.807, 2.05) is 14.1 Å². The maximum atomic E-state index is 13.1. The first-order valence-electron chi connectivity index (χ1n) is 5.75. The molecular weight excluding hydrogens is 221 g/mol. The van der Waals surface area contributed by atoms with E-state index in [-0.39, 0.29) is 5.82 Å². The van der Waals surface area contributed by atoms with Crippen molar-refractivity contribution >= 4 is 0 Å². The van der Waals surface area contributed by atoms with Gasteiger partial charge in [-0.1, -0.05) is 0 Å². The molecule has 0 aliphatic carbocycles. The third kappa shape index (κ3) is 4.71. The predicted octanol–water partition coefficient (Wildman–Crippen LogP) is 2.21. The lowest BCUT2D eigenvalue weighted by atomic mass is 10.1. The molecule has 0 radical (unpaired) electrons. The Morgan fingerprint density at radius 3 is 2.71 bits per heavy atom. The van der Waals surface area contributed by atoms with Crippen molar-refractivity contribution in [2.24, 2.45) is 0 Å². The molecule has 0 fully saturated rings. The quantitative estimate of drug-likeness (QED) is 0.775. The summed E-state index contributed by atoms with van der Waals surface area (Å²) in [6.07, 6.45) is 0.211. The second-order valence-electron chi connectivity index (χ2n) is 4.36. The largest absolute Gasteiger partial charge is 0.493 e. The van der Waals surface area contributed by atoms with Crippen LogP contribution in [0.4, 0.5) is 4.39 Å². The second-order valence-corrected chi connectivity index (χ2v) is 4.36. The number of halogens is 1. The highest BCUT2D eigenvalue weighted by Crippen LogP contribution is 2.26. The Morgan fingerprint density at radius 2 is 2.12 bits per heavy atom. The van der Waals surface area contributed by atoms with E-state index < -0.39 is 6.10 Å². The Labute approximate surface area is 102 Å². The first-order valence-corrected chi connectivity index (χ1v) is 5.75. The van der Waals surface area contributed by atoms with E-state index in [9.17, 15) is 9.50 Å². The first-order chi connectivity index (χ1) is 8.00. The third-order valence-corrected chi connectivity index (χ3v) is 2.43. The van der Waals surface area contributed by atoms with Crippen LogP contribution in [0.15, 0.2) is 18.2 Å². The molecule has 0 bridgehead atoms. The van der Waals surface area contributed by atoms with Gasteiger partial charge in [-0.3, -0.25) is 0 Å². The smallest absolute Gasteiger partial charge is 0.127 e. The number of nitrogens with zero attached hydrogens (tertiary/aromatic N) is 1. The zero-order valence-corrected chi connectivity index (χ0v) is 10.6. The summed E-state index contributed by atoms with van der Waals surface area (Å²) >= 11 is 0. The van der Waals surface area contributed by atoms with Crippen molar-refractivity contribution < 1.29 is 14.2 Å². The van der Waals surface area contributed by atoms with Crippen LogP contribution in [0.5, 0.6) is 5.75 Å². The van der Waals surface area contributed by atoms with Gasteiger partial charge in [-0.25, -0.2) is 4.39 Å². The summed E-state index contributed by atoms with van der Waals surface area (Å²) < 4.78 is 18.6. The maximum Gasteiger partial charge on any atom is 0.127 e. The maximum absolute atomic E-state index is 13.1. The Kier molecular flexibility index (Phi) is 5.38. The van der Waals surface area contributed by atoms with Gasteiger partial charge in [0.15, 0.2) is 0 Å². The standard InChI is InChI=1S/C13H20FNO2/c1-10(16)12-6-5-11(14)9-13(12)17-8-4-7-15(2)3/h5-6,9-10,16H,4,7-8H2,1-3H3. The molecule has 0 saturated heterocycles. The van der Waals surface area contributed by atoms with Gasteiger partial charge in [0.05, 0.1) is 12.7 Å². The lowest BCUT2D eigenvalue weighted by molar-refractivity contribution is 0.189. The van der Waals surface area contributed by atoms with Gasteiger partial charge in [-0.15, -0.1) is 0 Å². The van der Waals surface area contributed by atoms with Gasteiger partial charge in [0.1, 0.15) is 11.6 Å². The summed E-state index contributed by atoms with van der Waals surface area (Å²) in [5.74, 6) is 0.0794. The van der Waals surface area contributed by atoms with E-state index in [1.54, 1.807) is 13.0 Å². The molecule has 0 saturated carbocycles. The van der Waals surface area contributed by atoms with E-state index in [0.717, 1.165) is 13.0 Å². The van der Waals surface area contributed by atoms with Gasteiger partial charge in [0, 0.05) is 18.2 Å². The van der Waals surface area contributed by atoms with Gasteiger partial charge < -0.3 is 14.7 Å². The van der Waals surface area contributed by atoms with Crippen LogP contribution >= 0.6 is 0 Å². The molecule has 0 heterocycles. The van der Waals surface area contributed by atoms with Crippen molar-refractivity contribution in [3.8, 4) is 5.75 Å². The number of ether oxygens (including phenoxy) is 1. The fourth-order valence-corrected chi connectivity index (χ4v) is 1.54. The number of hydrogen-bond donors (Lipinski definition) is 1. The molecular formula is C13H20FNO2. The highest BCUT2D eigenvalue weighted by Gasteiger charge is 2.10. The number of benzene rings is 1. The van der Waals surface area contributed by atoms with Gasteiger partial charge >= 0.3 is 0 Å². The fraction of sp³-hybridized carbons (Fsp3) is 0.538. The van der Waals surface area contributed by atoms with Crippen LogP contribution in [-0.2, 0) is 0 Å². The van der Waals surface area contributed by atoms with E-state index in [0.29, 0.717) is 17.9 Å². The molecule has 96 valence electrons. The zero-order valence-electron chi connectivity index (χ0n) is 10.6. The SMILES string of the molecule is CC(O)c1ccc(F)cc1OCCCN(C)C. The minimum atomic E-state index is -0.653. The van der Waals surface area contributed by atoms with Crippen LogP contribution < -0.4 is 4.74 Å². The molecule has 0 aromatic heterocycles. The Hall–Kier alpha value is -1.13. The van der Waals surface area contributed by atoms with Crippen LogP contribution in [0, 0.1) is 5.82 Å². The Morgan fingerprint density at radius 1 is 1.41 bits per heavy atom. The van der Waals surface area contributed by atoms with Gasteiger partial charge in [-0.05, 0) is 39.6 Å². The lowest BCUT2D eigenvalue weighted by Gasteiger charge is -2.14. The third-order valence-electron chi connectivity index (χ3n) is 2.43. The molecule has 4 heteroatoms. The van der Waals surface area contributed by atoms with Crippen molar-refractivity contribution in [1.82, 2.24) is 4.90 Å². The summed E-state index contributed by atoms with van der Waals surface area (Å²) in [6.45, 7) is 3.07. The molecule has 1 N–H and O–H groups in total. The number of rotatable bonds is 6. The van der Waals surface area contributed by atoms with Gasteiger partial charge in [0.2, 0.25) is 0 Å². The summed E-state index contributed by atoms with van der Waals surface area (Å²) in [5, 5.41) is 9.53. The molecule has 0 aliphatic rings. The molecule has 1 atom stereocenters. The molecule has 3 nitrogen and oxygen atoms in total. The van der Waals surface area contributed by atoms with E-state index in [1.165, 1.54) is 12.1 Å². The average molecular weight is 241 g/mol. The van der Waals surface area contributed by atoms with Crippen molar-refractivity contribution in [2.45, 2.75) is 19.4 Å². The van der Waals surface area contributed by atoms with E-state index in [4.69, 9.17) is 4.74 Å². The Bertz CT molecular complexity index is 353. The first kappa shape index (κ1) is 13.9. The summed E-state index contributed by atoms with van der Waals surface area (Å²) in [7, 11) is 3.98. The molecule has 1 rings (SSSR count). The van der Waals surface area contributed by atoms with Crippen LogP contribution in [0.2, 0.25) is 0 Å². The van der Waals surface area contributed by atoms with E-state index >= 15 is 0 Å². The lowest BCUT2D eigenvalue weighted by Crippen LogP contribution is -2.16. The van der Waals surface area contributed by atoms with Crippen LogP contribution in [-0.4, -0.2) is 37.3 Å². The number of aliphatic hydroxyl groups is 1. The van der Waals surface area contributed by atoms with Crippen molar-refractivity contribution in [3.05, 3.63) is 29.6 Å². The summed E-state index contributed by atoms with van der Waals surface area (Å²) in [5.41, 5.74) is 0.622. The van der Waals surface area contributed by atoms with Crippen LogP contribution in [0.1, 0.15) is 25.0 Å². The minimum absolute atomic E-state index is 0.350. The molecule has 17 heavy (non-hydrogen) atoms. The normalized spacial score (nSPS) is 12.8. The topological polar surface area (TPSA) is 32.7 Å². The average Bonchev–Trinajstić information content (AvgIpc) is 2.23. The van der Waals surface area contributed by atoms with Crippen molar-refractivity contribution in [3.63, 3.8) is 0 Å². The molecule has 0 amide bonds. The highest BCUT2D eigenvalue weighted by molar-refractivity contribution is 5.35. The van der Waals surface area contributed by atoms with Crippen LogP contribution in [0.25, 0.3) is 0 Å².